The van der Waals surface area contributed by atoms with Crippen molar-refractivity contribution >= 4 is 10.9 Å². The number of rotatable bonds is 3. The monoisotopic (exact) mass is 412 g/mol. The second-order valence-corrected chi connectivity index (χ2v) is 8.88. The Labute approximate surface area is 180 Å². The Morgan fingerprint density at radius 3 is 2.23 bits per heavy atom. The summed E-state index contributed by atoms with van der Waals surface area (Å²) in [5, 5.41) is 23.8. The van der Waals surface area contributed by atoms with Crippen molar-refractivity contribution in [1.82, 2.24) is 19.9 Å². The molecular weight excluding hydrogens is 388 g/mol. The molecule has 6 heteroatoms. The second kappa shape index (κ2) is 6.87. The molecule has 5 aromatic rings. The van der Waals surface area contributed by atoms with Gasteiger partial charge in [0.25, 0.3) is 0 Å². The van der Waals surface area contributed by atoms with Gasteiger partial charge in [-0.05, 0) is 24.6 Å². The maximum absolute atomic E-state index is 11.2. The number of aromatic amines is 1. The first kappa shape index (κ1) is 19.2. The number of hydrogen-bond acceptors (Lipinski definition) is 4. The standard InChI is InChI=1S/C25H24N4O2/c1-15-5-7-17(8-6-15)22-20-21(26-27-23(20)25(2,3)4)24(30)29(22)18-11-9-16(10-12-18)19-13-14-31-28-19/h5-14,26,30H,1-4H3. The molecule has 0 unspecified atom stereocenters. The third kappa shape index (κ3) is 3.11. The summed E-state index contributed by atoms with van der Waals surface area (Å²) in [7, 11) is 0. The quantitative estimate of drug-likeness (QED) is 0.382. The number of nitrogens with zero attached hydrogens (tertiary/aromatic N) is 3. The lowest BCUT2D eigenvalue weighted by molar-refractivity contribution is 0.422. The predicted molar refractivity (Wildman–Crippen MR) is 121 cm³/mol. The number of aromatic hydroxyl groups is 1. The SMILES string of the molecule is Cc1ccc(-c2c3c(C(C)(C)C)n[nH]c3c(O)n2-c2ccc(-c3ccon3)cc2)cc1. The van der Waals surface area contributed by atoms with Crippen LogP contribution < -0.4 is 0 Å². The number of H-pyrrole nitrogens is 1. The Kier molecular flexibility index (Phi) is 4.25. The predicted octanol–water partition coefficient (Wildman–Crippen LogP) is 5.99. The van der Waals surface area contributed by atoms with Crippen molar-refractivity contribution in [3.8, 4) is 34.1 Å². The molecule has 0 aliphatic rings. The fourth-order valence-corrected chi connectivity index (χ4v) is 3.99. The van der Waals surface area contributed by atoms with Gasteiger partial charge in [-0.1, -0.05) is 67.9 Å². The first-order valence-corrected chi connectivity index (χ1v) is 10.2. The van der Waals surface area contributed by atoms with E-state index in [1.807, 2.05) is 34.9 Å². The van der Waals surface area contributed by atoms with Crippen molar-refractivity contribution in [3.63, 3.8) is 0 Å². The van der Waals surface area contributed by atoms with Gasteiger partial charge in [0.05, 0.1) is 16.8 Å². The van der Waals surface area contributed by atoms with Gasteiger partial charge < -0.3 is 9.63 Å². The Balaban J connectivity index is 1.78. The lowest BCUT2D eigenvalue weighted by atomic mass is 9.89. The van der Waals surface area contributed by atoms with Gasteiger partial charge >= 0.3 is 0 Å². The summed E-state index contributed by atoms with van der Waals surface area (Å²) < 4.78 is 6.84. The third-order valence-electron chi connectivity index (χ3n) is 5.56. The number of aryl methyl sites for hydroxylation is 1. The highest BCUT2D eigenvalue weighted by atomic mass is 16.5. The molecule has 6 nitrogen and oxygen atoms in total. The topological polar surface area (TPSA) is 79.9 Å². The van der Waals surface area contributed by atoms with Gasteiger partial charge in [-0.15, -0.1) is 0 Å². The molecule has 0 bridgehead atoms. The molecule has 2 N–H and O–H groups in total. The molecule has 0 saturated carbocycles. The highest BCUT2D eigenvalue weighted by molar-refractivity contribution is 6.01. The average molecular weight is 412 g/mol. The van der Waals surface area contributed by atoms with Gasteiger partial charge in [0, 0.05) is 22.7 Å². The van der Waals surface area contributed by atoms with Crippen molar-refractivity contribution in [3.05, 3.63) is 72.1 Å². The molecule has 0 radical (unpaired) electrons. The molecule has 3 aromatic heterocycles. The second-order valence-electron chi connectivity index (χ2n) is 8.88. The molecule has 2 aromatic carbocycles. The van der Waals surface area contributed by atoms with Crippen LogP contribution in [0.25, 0.3) is 39.1 Å². The van der Waals surface area contributed by atoms with Crippen LogP contribution in [-0.2, 0) is 5.41 Å². The summed E-state index contributed by atoms with van der Waals surface area (Å²) in [4.78, 5) is 0. The van der Waals surface area contributed by atoms with E-state index in [1.165, 1.54) is 5.56 Å². The molecule has 0 aliphatic carbocycles. The summed E-state index contributed by atoms with van der Waals surface area (Å²) in [6, 6.07) is 18.1. The first-order chi connectivity index (χ1) is 14.8. The van der Waals surface area contributed by atoms with Crippen LogP contribution in [0.3, 0.4) is 0 Å². The van der Waals surface area contributed by atoms with Crippen LogP contribution in [-0.4, -0.2) is 25.0 Å². The number of nitrogens with one attached hydrogen (secondary N) is 1. The zero-order chi connectivity index (χ0) is 21.8. The van der Waals surface area contributed by atoms with Crippen LogP contribution >= 0.6 is 0 Å². The molecule has 3 heterocycles. The fraction of sp³-hybridized carbons (Fsp3) is 0.200. The lowest BCUT2D eigenvalue weighted by Crippen LogP contribution is -2.12. The van der Waals surface area contributed by atoms with E-state index in [2.05, 4.69) is 67.3 Å². The molecule has 0 saturated heterocycles. The number of benzene rings is 2. The van der Waals surface area contributed by atoms with E-state index in [0.29, 0.717) is 5.52 Å². The summed E-state index contributed by atoms with van der Waals surface area (Å²) in [5.74, 6) is 0.141. The van der Waals surface area contributed by atoms with Crippen LogP contribution in [0.4, 0.5) is 0 Å². The van der Waals surface area contributed by atoms with E-state index in [4.69, 9.17) is 4.52 Å². The lowest BCUT2D eigenvalue weighted by Gasteiger charge is -2.17. The van der Waals surface area contributed by atoms with Crippen molar-refractivity contribution in [2.75, 3.05) is 0 Å². The molecule has 0 fully saturated rings. The van der Waals surface area contributed by atoms with Crippen molar-refractivity contribution < 1.29 is 9.63 Å². The van der Waals surface area contributed by atoms with Gasteiger partial charge in [0.2, 0.25) is 5.88 Å². The van der Waals surface area contributed by atoms with Crippen molar-refractivity contribution in [1.29, 1.82) is 0 Å². The van der Waals surface area contributed by atoms with Crippen LogP contribution in [0, 0.1) is 6.92 Å². The highest BCUT2D eigenvalue weighted by Gasteiger charge is 2.29. The van der Waals surface area contributed by atoms with E-state index in [0.717, 1.165) is 39.3 Å². The summed E-state index contributed by atoms with van der Waals surface area (Å²) in [6.07, 6.45) is 1.56. The zero-order valence-corrected chi connectivity index (χ0v) is 18.0. The highest BCUT2D eigenvalue weighted by Crippen LogP contribution is 2.43. The number of fused-ring (bicyclic) bond motifs is 1. The molecule has 0 aliphatic heterocycles. The van der Waals surface area contributed by atoms with Gasteiger partial charge in [0.1, 0.15) is 17.5 Å². The van der Waals surface area contributed by atoms with Crippen molar-refractivity contribution in [2.45, 2.75) is 33.1 Å². The minimum atomic E-state index is -0.187. The fourth-order valence-electron chi connectivity index (χ4n) is 3.99. The minimum absolute atomic E-state index is 0.141. The summed E-state index contributed by atoms with van der Waals surface area (Å²) >= 11 is 0. The molecule has 0 atom stereocenters. The average Bonchev–Trinajstić information content (AvgIpc) is 3.46. The molecule has 0 spiro atoms. The van der Waals surface area contributed by atoms with E-state index in [9.17, 15) is 5.11 Å². The van der Waals surface area contributed by atoms with E-state index < -0.39 is 0 Å². The largest absolute Gasteiger partial charge is 0.493 e. The molecular formula is C25H24N4O2. The van der Waals surface area contributed by atoms with Gasteiger partial charge in [-0.2, -0.15) is 5.10 Å². The smallest absolute Gasteiger partial charge is 0.222 e. The normalized spacial score (nSPS) is 12.0. The molecule has 31 heavy (non-hydrogen) atoms. The Hall–Kier alpha value is -3.80. The Morgan fingerprint density at radius 1 is 0.935 bits per heavy atom. The Morgan fingerprint density at radius 2 is 1.61 bits per heavy atom. The first-order valence-electron chi connectivity index (χ1n) is 10.2. The van der Waals surface area contributed by atoms with Crippen LogP contribution in [0.1, 0.15) is 32.0 Å². The van der Waals surface area contributed by atoms with E-state index in [1.54, 1.807) is 6.26 Å². The van der Waals surface area contributed by atoms with Crippen LogP contribution in [0.5, 0.6) is 5.88 Å². The Bertz CT molecular complexity index is 1350. The third-order valence-corrected chi connectivity index (χ3v) is 5.56. The summed E-state index contributed by atoms with van der Waals surface area (Å²) in [6.45, 7) is 8.45. The zero-order valence-electron chi connectivity index (χ0n) is 18.0. The molecule has 0 amide bonds. The van der Waals surface area contributed by atoms with E-state index >= 15 is 0 Å². The van der Waals surface area contributed by atoms with Crippen LogP contribution in [0.15, 0.2) is 65.4 Å². The van der Waals surface area contributed by atoms with Crippen LogP contribution in [0.2, 0.25) is 0 Å². The van der Waals surface area contributed by atoms with Crippen molar-refractivity contribution in [2.24, 2.45) is 0 Å². The number of aromatic nitrogens is 4. The maximum atomic E-state index is 11.2. The van der Waals surface area contributed by atoms with Gasteiger partial charge in [-0.25, -0.2) is 0 Å². The maximum Gasteiger partial charge on any atom is 0.222 e. The molecule has 156 valence electrons. The summed E-state index contributed by atoms with van der Waals surface area (Å²) in [5.41, 5.74) is 7.06. The van der Waals surface area contributed by atoms with Gasteiger partial charge in [-0.3, -0.25) is 9.67 Å². The minimum Gasteiger partial charge on any atom is -0.493 e. The number of hydrogen-bond donors (Lipinski definition) is 2. The molecule has 5 rings (SSSR count). The van der Waals surface area contributed by atoms with Gasteiger partial charge in [0.15, 0.2) is 0 Å². The van der Waals surface area contributed by atoms with E-state index in [-0.39, 0.29) is 11.3 Å².